The van der Waals surface area contributed by atoms with Gasteiger partial charge in [0.2, 0.25) is 0 Å². The number of hydrogen-bond acceptors (Lipinski definition) is 3. The number of hydrogen-bond donors (Lipinski definition) is 4. The average Bonchev–Trinajstić information content (AvgIpc) is 2.51. The van der Waals surface area contributed by atoms with Gasteiger partial charge in [-0.3, -0.25) is 19.8 Å². The molecule has 8 heteroatoms. The van der Waals surface area contributed by atoms with Crippen molar-refractivity contribution >= 4 is 51.1 Å². The maximum atomic E-state index is 12.0. The van der Waals surface area contributed by atoms with E-state index in [1.54, 1.807) is 42.5 Å². The van der Waals surface area contributed by atoms with Crippen molar-refractivity contribution < 1.29 is 0 Å². The molecule has 0 amide bonds. The van der Waals surface area contributed by atoms with Crippen molar-refractivity contribution in [3.05, 3.63) is 68.2 Å². The quantitative estimate of drug-likeness (QED) is 0.536. The van der Waals surface area contributed by atoms with E-state index in [9.17, 15) is 9.59 Å². The van der Waals surface area contributed by atoms with E-state index in [0.29, 0.717) is 16.4 Å². The van der Waals surface area contributed by atoms with E-state index < -0.39 is 5.56 Å². The van der Waals surface area contributed by atoms with Crippen LogP contribution in [0.25, 0.3) is 10.8 Å². The van der Waals surface area contributed by atoms with Gasteiger partial charge in [-0.05, 0) is 42.5 Å². The lowest BCUT2D eigenvalue weighted by atomic mass is 10.1. The molecule has 0 saturated heterocycles. The lowest BCUT2D eigenvalue weighted by molar-refractivity contribution is 0.977. The Labute approximate surface area is 140 Å². The topological polar surface area (TPSA) is 89.8 Å². The summed E-state index contributed by atoms with van der Waals surface area (Å²) in [4.78, 5) is 23.8. The number of fused-ring (bicyclic) bond motifs is 1. The van der Waals surface area contributed by atoms with Gasteiger partial charge in [0.1, 0.15) is 0 Å². The molecule has 0 saturated carbocycles. The fourth-order valence-corrected chi connectivity index (χ4v) is 2.60. The Balaban J connectivity index is 1.93. The van der Waals surface area contributed by atoms with Gasteiger partial charge in [0.15, 0.2) is 5.11 Å². The van der Waals surface area contributed by atoms with Crippen molar-refractivity contribution in [2.45, 2.75) is 0 Å². The molecule has 3 rings (SSSR count). The number of nitrogens with one attached hydrogen (secondary N) is 4. The molecule has 3 aromatic rings. The average molecular weight is 347 g/mol. The van der Waals surface area contributed by atoms with Gasteiger partial charge < -0.3 is 10.6 Å². The third kappa shape index (κ3) is 3.25. The Bertz CT molecular complexity index is 1010. The first-order chi connectivity index (χ1) is 11.0. The molecule has 0 spiro atoms. The molecule has 4 N–H and O–H groups in total. The first kappa shape index (κ1) is 15.3. The van der Waals surface area contributed by atoms with E-state index in [1.807, 2.05) is 0 Å². The lowest BCUT2D eigenvalue weighted by Crippen LogP contribution is -2.23. The molecule has 0 bridgehead atoms. The molecule has 2 aromatic carbocycles. The van der Waals surface area contributed by atoms with Gasteiger partial charge in [0, 0.05) is 10.7 Å². The molecule has 23 heavy (non-hydrogen) atoms. The van der Waals surface area contributed by atoms with E-state index in [4.69, 9.17) is 23.8 Å². The SMILES string of the molecule is O=c1[nH][nH]c(=O)c2c(NC(=S)Nc3cccc(Cl)c3)cccc12. The smallest absolute Gasteiger partial charge is 0.272 e. The lowest BCUT2D eigenvalue weighted by Gasteiger charge is -2.12. The Morgan fingerprint density at radius 2 is 1.74 bits per heavy atom. The minimum atomic E-state index is -0.409. The van der Waals surface area contributed by atoms with Gasteiger partial charge in [0.25, 0.3) is 11.1 Å². The zero-order valence-electron chi connectivity index (χ0n) is 11.6. The number of aromatic nitrogens is 2. The second kappa shape index (κ2) is 6.23. The molecule has 116 valence electrons. The van der Waals surface area contributed by atoms with Gasteiger partial charge in [-0.2, -0.15) is 0 Å². The van der Waals surface area contributed by atoms with Crippen molar-refractivity contribution in [2.24, 2.45) is 0 Å². The van der Waals surface area contributed by atoms with Crippen molar-refractivity contribution in [3.63, 3.8) is 0 Å². The van der Waals surface area contributed by atoms with E-state index >= 15 is 0 Å². The van der Waals surface area contributed by atoms with Crippen LogP contribution >= 0.6 is 23.8 Å². The first-order valence-electron chi connectivity index (χ1n) is 6.62. The van der Waals surface area contributed by atoms with Gasteiger partial charge in [-0.25, -0.2) is 0 Å². The number of benzene rings is 2. The van der Waals surface area contributed by atoms with Crippen LogP contribution in [0.15, 0.2) is 52.1 Å². The summed E-state index contributed by atoms with van der Waals surface area (Å²) in [6.45, 7) is 0. The highest BCUT2D eigenvalue weighted by atomic mass is 35.5. The third-order valence-corrected chi connectivity index (χ3v) is 3.60. The first-order valence-corrected chi connectivity index (χ1v) is 7.40. The zero-order valence-corrected chi connectivity index (χ0v) is 13.2. The number of halogens is 1. The zero-order chi connectivity index (χ0) is 16.4. The molecule has 0 aliphatic rings. The molecular weight excluding hydrogens is 336 g/mol. The second-order valence-corrected chi connectivity index (χ2v) is 5.57. The summed E-state index contributed by atoms with van der Waals surface area (Å²) in [7, 11) is 0. The van der Waals surface area contributed by atoms with Crippen LogP contribution in [0.4, 0.5) is 11.4 Å². The molecule has 1 aromatic heterocycles. The standard InChI is InChI=1S/C15H11ClN4O2S/c16-8-3-1-4-9(7-8)17-15(23)18-11-6-2-5-10-12(11)14(22)20-19-13(10)21/h1-7H,(H,19,21)(H,20,22)(H2,17,18,23). The Morgan fingerprint density at radius 1 is 1.00 bits per heavy atom. The normalized spacial score (nSPS) is 10.5. The minimum Gasteiger partial charge on any atom is -0.332 e. The third-order valence-electron chi connectivity index (χ3n) is 3.16. The highest BCUT2D eigenvalue weighted by molar-refractivity contribution is 7.80. The van der Waals surface area contributed by atoms with Crippen LogP contribution < -0.4 is 21.8 Å². The maximum Gasteiger partial charge on any atom is 0.272 e. The summed E-state index contributed by atoms with van der Waals surface area (Å²) >= 11 is 11.2. The van der Waals surface area contributed by atoms with E-state index in [2.05, 4.69) is 20.8 Å². The Kier molecular flexibility index (Phi) is 4.14. The van der Waals surface area contributed by atoms with Crippen LogP contribution in [0.1, 0.15) is 0 Å². The van der Waals surface area contributed by atoms with Gasteiger partial charge in [-0.1, -0.05) is 23.7 Å². The summed E-state index contributed by atoms with van der Waals surface area (Å²) in [6, 6.07) is 12.0. The van der Waals surface area contributed by atoms with Crippen LogP contribution in [-0.2, 0) is 0 Å². The number of thiocarbonyl (C=S) groups is 1. The van der Waals surface area contributed by atoms with Crippen molar-refractivity contribution in [2.75, 3.05) is 10.6 Å². The van der Waals surface area contributed by atoms with Gasteiger partial charge in [-0.15, -0.1) is 0 Å². The minimum absolute atomic E-state index is 0.242. The monoisotopic (exact) mass is 346 g/mol. The van der Waals surface area contributed by atoms with Crippen LogP contribution in [-0.4, -0.2) is 15.3 Å². The predicted molar refractivity (Wildman–Crippen MR) is 96.5 cm³/mol. The molecular formula is C15H11ClN4O2S. The Morgan fingerprint density at radius 3 is 2.52 bits per heavy atom. The summed E-state index contributed by atoms with van der Waals surface area (Å²) in [6.07, 6.45) is 0. The van der Waals surface area contributed by atoms with Crippen LogP contribution in [0, 0.1) is 0 Å². The number of rotatable bonds is 2. The summed E-state index contributed by atoms with van der Waals surface area (Å²) in [5, 5.41) is 11.9. The fourth-order valence-electron chi connectivity index (χ4n) is 2.18. The van der Waals surface area contributed by atoms with E-state index in [-0.39, 0.29) is 21.4 Å². The number of H-pyrrole nitrogens is 2. The maximum absolute atomic E-state index is 12.0. The molecule has 1 heterocycles. The molecule has 0 fully saturated rings. The van der Waals surface area contributed by atoms with Crippen LogP contribution in [0.2, 0.25) is 5.02 Å². The van der Waals surface area contributed by atoms with Gasteiger partial charge in [0.05, 0.1) is 16.5 Å². The second-order valence-electron chi connectivity index (χ2n) is 4.73. The largest absolute Gasteiger partial charge is 0.332 e. The number of anilines is 2. The Hall–Kier alpha value is -2.64. The van der Waals surface area contributed by atoms with Crippen molar-refractivity contribution in [3.8, 4) is 0 Å². The van der Waals surface area contributed by atoms with Crippen molar-refractivity contribution in [1.82, 2.24) is 10.2 Å². The van der Waals surface area contributed by atoms with Crippen LogP contribution in [0.3, 0.4) is 0 Å². The highest BCUT2D eigenvalue weighted by Crippen LogP contribution is 2.18. The highest BCUT2D eigenvalue weighted by Gasteiger charge is 2.09. The molecule has 0 atom stereocenters. The van der Waals surface area contributed by atoms with E-state index in [1.165, 1.54) is 0 Å². The van der Waals surface area contributed by atoms with E-state index in [0.717, 1.165) is 0 Å². The summed E-state index contributed by atoms with van der Waals surface area (Å²) in [5.74, 6) is 0. The fraction of sp³-hybridized carbons (Fsp3) is 0. The molecule has 0 unspecified atom stereocenters. The molecule has 0 aliphatic carbocycles. The van der Waals surface area contributed by atoms with Crippen LogP contribution in [0.5, 0.6) is 0 Å². The number of aromatic amines is 2. The van der Waals surface area contributed by atoms with Gasteiger partial charge >= 0.3 is 0 Å². The van der Waals surface area contributed by atoms with Crippen molar-refractivity contribution in [1.29, 1.82) is 0 Å². The molecule has 6 nitrogen and oxygen atoms in total. The summed E-state index contributed by atoms with van der Waals surface area (Å²) in [5.41, 5.74) is 0.363. The molecule has 0 aliphatic heterocycles. The predicted octanol–water partition coefficient (Wildman–Crippen LogP) is 2.68. The molecule has 0 radical (unpaired) electrons. The summed E-state index contributed by atoms with van der Waals surface area (Å²) < 4.78 is 0.